The lowest BCUT2D eigenvalue weighted by molar-refractivity contribution is -0.453. The molecule has 0 radical (unpaired) electrons. The molecule has 0 aromatic heterocycles. The molecule has 20 heteroatoms. The number of nitrogens with two attached hydrogens (primary N) is 1. The molecule has 2 N–H and O–H groups in total. The smallest absolute Gasteiger partial charge is 0.267 e. The highest BCUT2D eigenvalue weighted by Gasteiger charge is 2.94. The fourth-order valence-corrected chi connectivity index (χ4v) is 1.68. The van der Waals surface area contributed by atoms with E-state index in [9.17, 15) is 83.4 Å². The fraction of sp³-hybridized carbons (Fsp3) is 1.00. The van der Waals surface area contributed by atoms with Crippen molar-refractivity contribution in [3.8, 4) is 0 Å². The summed E-state index contributed by atoms with van der Waals surface area (Å²) in [5, 5.41) is 0. The molecule has 0 amide bonds. The van der Waals surface area contributed by atoms with E-state index < -0.39 is 66.5 Å². The van der Waals surface area contributed by atoms with Crippen LogP contribution in [0.3, 0.4) is 0 Å². The number of hydrogen-bond acceptors (Lipinski definition) is 1. The van der Waals surface area contributed by atoms with Crippen molar-refractivity contribution in [1.82, 2.24) is 0 Å². The van der Waals surface area contributed by atoms with E-state index in [4.69, 9.17) is 0 Å². The third-order valence-electron chi connectivity index (χ3n) is 3.57. The predicted molar refractivity (Wildman–Crippen MR) is 59.1 cm³/mol. The Morgan fingerprint density at radius 2 is 0.613 bits per heavy atom. The molecule has 0 aliphatic rings. The van der Waals surface area contributed by atoms with Crippen molar-refractivity contribution < 1.29 is 83.4 Å². The molecule has 0 aliphatic heterocycles. The molecular formula is C11H6F19N. The lowest BCUT2D eigenvalue weighted by Crippen LogP contribution is -2.75. The summed E-state index contributed by atoms with van der Waals surface area (Å²) < 4.78 is 244. The summed E-state index contributed by atoms with van der Waals surface area (Å²) >= 11 is 0. The van der Waals surface area contributed by atoms with Crippen LogP contribution in [0.15, 0.2) is 0 Å². The summed E-state index contributed by atoms with van der Waals surface area (Å²) in [6.45, 7) is 0. The number of alkyl halides is 19. The molecule has 0 saturated carbocycles. The molecule has 31 heavy (non-hydrogen) atoms. The Balaban J connectivity index is 6.56. The summed E-state index contributed by atoms with van der Waals surface area (Å²) in [6, 6.07) is -6.87. The van der Waals surface area contributed by atoms with Gasteiger partial charge in [-0.3, -0.25) is 5.73 Å². The lowest BCUT2D eigenvalue weighted by Gasteiger charge is -2.43. The second kappa shape index (κ2) is 7.32. The first kappa shape index (κ1) is 29.6. The maximum absolute atomic E-state index is 13.3. The van der Waals surface area contributed by atoms with Crippen LogP contribution < -0.4 is 5.73 Å². The van der Waals surface area contributed by atoms with Crippen molar-refractivity contribution in [3.63, 3.8) is 0 Å². The molecule has 0 saturated heterocycles. The van der Waals surface area contributed by atoms with Gasteiger partial charge in [-0.05, 0) is 0 Å². The van der Waals surface area contributed by atoms with Crippen LogP contribution in [-0.2, 0) is 0 Å². The van der Waals surface area contributed by atoms with Crippen LogP contribution in [0.2, 0.25) is 0 Å². The Bertz CT molecular complexity index is 638. The first-order valence-electron chi connectivity index (χ1n) is 6.84. The van der Waals surface area contributed by atoms with E-state index in [0.29, 0.717) is 0 Å². The lowest BCUT2D eigenvalue weighted by atomic mass is 9.87. The quantitative estimate of drug-likeness (QED) is 0.283. The van der Waals surface area contributed by atoms with Gasteiger partial charge < -0.3 is 0 Å². The van der Waals surface area contributed by atoms with Gasteiger partial charge in [0.05, 0.1) is 0 Å². The van der Waals surface area contributed by atoms with Gasteiger partial charge in [-0.15, -0.1) is 0 Å². The second-order valence-electron chi connectivity index (χ2n) is 5.89. The minimum Gasteiger partial charge on any atom is -0.267 e. The van der Waals surface area contributed by atoms with Gasteiger partial charge in [0.15, 0.2) is 0 Å². The summed E-state index contributed by atoms with van der Waals surface area (Å²) in [7, 11) is 0. The van der Waals surface area contributed by atoms with Gasteiger partial charge in [0, 0.05) is 12.8 Å². The van der Waals surface area contributed by atoms with E-state index in [2.05, 4.69) is 5.73 Å². The molecule has 0 spiro atoms. The number of hydrogen-bond donors (Lipinski definition) is 1. The van der Waals surface area contributed by atoms with Crippen LogP contribution >= 0.6 is 0 Å². The highest BCUT2D eigenvalue weighted by Crippen LogP contribution is 2.63. The van der Waals surface area contributed by atoms with E-state index in [1.807, 2.05) is 0 Å². The summed E-state index contributed by atoms with van der Waals surface area (Å²) in [5.74, 6) is -57.0. The molecule has 0 aromatic rings. The Hall–Kier alpha value is -1.37. The zero-order chi connectivity index (χ0) is 25.9. The highest BCUT2D eigenvalue weighted by atomic mass is 19.4. The molecule has 188 valence electrons. The van der Waals surface area contributed by atoms with Gasteiger partial charge in [0.1, 0.15) is 0 Å². The number of rotatable bonds is 9. The minimum atomic E-state index is -8.68. The third kappa shape index (κ3) is 4.31. The fourth-order valence-electron chi connectivity index (χ4n) is 1.68. The zero-order valence-corrected chi connectivity index (χ0v) is 13.7. The summed E-state index contributed by atoms with van der Waals surface area (Å²) in [6.07, 6.45) is -12.4. The highest BCUT2D eigenvalue weighted by molar-refractivity contribution is 5.15. The van der Waals surface area contributed by atoms with Gasteiger partial charge in [-0.2, -0.15) is 83.4 Å². The first-order valence-corrected chi connectivity index (χ1v) is 6.84. The van der Waals surface area contributed by atoms with E-state index in [0.717, 1.165) is 0 Å². The maximum atomic E-state index is 13.3. The van der Waals surface area contributed by atoms with Gasteiger partial charge in [0.25, 0.3) is 0 Å². The van der Waals surface area contributed by atoms with Crippen LogP contribution in [0, 0.1) is 0 Å². The Kier molecular flexibility index (Phi) is 7.00. The largest absolute Gasteiger partial charge is 0.392 e. The minimum absolute atomic E-state index is 3.08. The van der Waals surface area contributed by atoms with Crippen LogP contribution in [0.5, 0.6) is 0 Å². The number of halogens is 19. The normalized spacial score (nSPS) is 16.6. The molecule has 1 nitrogen and oxygen atoms in total. The van der Waals surface area contributed by atoms with E-state index >= 15 is 0 Å². The molecule has 0 aliphatic carbocycles. The average Bonchev–Trinajstić information content (AvgIpc) is 2.50. The topological polar surface area (TPSA) is 26.0 Å². The molecule has 0 bridgehead atoms. The molecule has 0 unspecified atom stereocenters. The van der Waals surface area contributed by atoms with Gasteiger partial charge in [-0.1, -0.05) is 0 Å². The molecule has 0 heterocycles. The van der Waals surface area contributed by atoms with Crippen molar-refractivity contribution in [2.24, 2.45) is 5.73 Å². The average molecular weight is 513 g/mol. The van der Waals surface area contributed by atoms with Crippen molar-refractivity contribution in [1.29, 1.82) is 0 Å². The van der Waals surface area contributed by atoms with Crippen molar-refractivity contribution in [2.75, 3.05) is 0 Å². The van der Waals surface area contributed by atoms with E-state index in [1.54, 1.807) is 0 Å². The summed E-state index contributed by atoms with van der Waals surface area (Å²) in [4.78, 5) is 0. The van der Waals surface area contributed by atoms with Crippen LogP contribution in [0.1, 0.15) is 12.8 Å². The van der Waals surface area contributed by atoms with Crippen LogP contribution in [-0.4, -0.2) is 53.7 Å². The van der Waals surface area contributed by atoms with Crippen molar-refractivity contribution >= 4 is 0 Å². The van der Waals surface area contributed by atoms with E-state index in [-0.39, 0.29) is 0 Å². The molecular weight excluding hydrogens is 507 g/mol. The second-order valence-corrected chi connectivity index (χ2v) is 5.89. The predicted octanol–water partition coefficient (Wildman–Crippen LogP) is 6.33. The zero-order valence-electron chi connectivity index (χ0n) is 13.7. The van der Waals surface area contributed by atoms with E-state index in [1.165, 1.54) is 0 Å². The Morgan fingerprint density at radius 1 is 0.355 bits per heavy atom. The van der Waals surface area contributed by atoms with Gasteiger partial charge in [0.2, 0.25) is 0 Å². The van der Waals surface area contributed by atoms with Gasteiger partial charge >= 0.3 is 53.7 Å². The molecule has 0 rings (SSSR count). The van der Waals surface area contributed by atoms with Crippen molar-refractivity contribution in [3.05, 3.63) is 0 Å². The standard InChI is InChI=1S/C11H6F19N/c12-3(13,1-2-4(14,15)16)5(17,18)6(19,20)7(21,22)8(23,24)9(25,26)10(27,28)11(29,30)31/h1-2,31H2. The molecule has 0 atom stereocenters. The third-order valence-corrected chi connectivity index (χ3v) is 3.57. The maximum Gasteiger partial charge on any atom is 0.392 e. The van der Waals surface area contributed by atoms with Crippen molar-refractivity contribution in [2.45, 2.75) is 66.5 Å². The van der Waals surface area contributed by atoms with Crippen LogP contribution in [0.4, 0.5) is 83.4 Å². The van der Waals surface area contributed by atoms with Gasteiger partial charge in [-0.25, -0.2) is 0 Å². The Labute approximate surface area is 157 Å². The molecule has 0 aromatic carbocycles. The summed E-state index contributed by atoms with van der Waals surface area (Å²) in [5.41, 5.74) is 3.08. The Morgan fingerprint density at radius 3 is 0.871 bits per heavy atom. The molecule has 0 fully saturated rings. The van der Waals surface area contributed by atoms with Crippen LogP contribution in [0.25, 0.3) is 0 Å². The monoisotopic (exact) mass is 513 g/mol. The SMILES string of the molecule is NC(F)(F)C(F)(F)C(F)(F)C(F)(F)C(F)(F)C(F)(F)C(F)(F)C(F)(F)CCC(F)(F)F. The first-order chi connectivity index (χ1) is 13.0.